The van der Waals surface area contributed by atoms with E-state index in [-0.39, 0.29) is 5.82 Å². The summed E-state index contributed by atoms with van der Waals surface area (Å²) in [7, 11) is 1.57. The maximum absolute atomic E-state index is 11.2. The van der Waals surface area contributed by atoms with E-state index in [4.69, 9.17) is 11.5 Å². The number of nitrogen functional groups attached to an aromatic ring is 2. The summed E-state index contributed by atoms with van der Waals surface area (Å²) in [5.41, 5.74) is 9.87. The minimum atomic E-state index is -0.848. The lowest BCUT2D eigenvalue weighted by Crippen LogP contribution is -2.33. The molecule has 8 nitrogen and oxygen atoms in total. The van der Waals surface area contributed by atoms with Gasteiger partial charge in [0.15, 0.2) is 5.16 Å². The molecule has 0 aliphatic heterocycles. The fourth-order valence-corrected chi connectivity index (χ4v) is 1.95. The fraction of sp³-hybridized carbons (Fsp3) is 0.111. The number of nitrogens with two attached hydrogens (primary N) is 2. The van der Waals surface area contributed by atoms with Crippen LogP contribution < -0.4 is 22.6 Å². The van der Waals surface area contributed by atoms with Crippen LogP contribution >= 0.6 is 11.8 Å². The molecule has 2 aromatic rings. The number of nitrogens with zero attached hydrogens (tertiary/aromatic N) is 3. The van der Waals surface area contributed by atoms with E-state index in [2.05, 4.69) is 15.1 Å². The van der Waals surface area contributed by atoms with Crippen molar-refractivity contribution in [3.05, 3.63) is 32.8 Å². The Balaban J connectivity index is 2.40. The van der Waals surface area contributed by atoms with Crippen molar-refractivity contribution in [2.24, 2.45) is 7.05 Å². The van der Waals surface area contributed by atoms with Crippen molar-refractivity contribution in [3.8, 4) is 0 Å². The number of hydrogen-bond acceptors (Lipinski definition) is 7. The van der Waals surface area contributed by atoms with Gasteiger partial charge in [0.25, 0.3) is 0 Å². The van der Waals surface area contributed by atoms with Crippen LogP contribution in [0, 0.1) is 0 Å². The zero-order valence-electron chi connectivity index (χ0n) is 9.38. The molecule has 0 radical (unpaired) electrons. The van der Waals surface area contributed by atoms with Crippen molar-refractivity contribution >= 4 is 23.3 Å². The van der Waals surface area contributed by atoms with E-state index in [9.17, 15) is 9.59 Å². The molecule has 18 heavy (non-hydrogen) atoms. The molecule has 0 fully saturated rings. The first kappa shape index (κ1) is 12.2. The highest BCUT2D eigenvalue weighted by Crippen LogP contribution is 2.24. The summed E-state index contributed by atoms with van der Waals surface area (Å²) in [5, 5.41) is 3.16. The second kappa shape index (κ2) is 4.53. The lowest BCUT2D eigenvalue weighted by Gasteiger charge is -2.06. The fourth-order valence-electron chi connectivity index (χ4n) is 1.17. The van der Waals surface area contributed by atoms with Gasteiger partial charge in [-0.15, -0.1) is 0 Å². The molecular weight excluding hydrogens is 256 g/mol. The van der Waals surface area contributed by atoms with Gasteiger partial charge in [-0.25, -0.2) is 4.98 Å². The Morgan fingerprint density at radius 1 is 1.28 bits per heavy atom. The Hall–Kier alpha value is -2.29. The number of nitrogens with one attached hydrogen (secondary N) is 1. The Labute approximate surface area is 105 Å². The highest BCUT2D eigenvalue weighted by molar-refractivity contribution is 7.99. The molecule has 0 bridgehead atoms. The molecule has 0 amide bonds. The molecule has 0 unspecified atom stereocenters. The van der Waals surface area contributed by atoms with Crippen LogP contribution in [0.4, 0.5) is 11.5 Å². The van der Waals surface area contributed by atoms with Gasteiger partial charge in [0.1, 0.15) is 10.8 Å². The Morgan fingerprint density at radius 3 is 2.67 bits per heavy atom. The molecule has 2 aromatic heterocycles. The number of aromatic nitrogens is 4. The van der Waals surface area contributed by atoms with Gasteiger partial charge < -0.3 is 11.5 Å². The second-order valence-electron chi connectivity index (χ2n) is 3.43. The summed E-state index contributed by atoms with van der Waals surface area (Å²) < 4.78 is 1.34. The molecule has 0 saturated carbocycles. The van der Waals surface area contributed by atoms with Gasteiger partial charge in [0.2, 0.25) is 0 Å². The largest absolute Gasteiger partial charge is 0.396 e. The average molecular weight is 266 g/mol. The topological polar surface area (TPSA) is 133 Å². The first-order chi connectivity index (χ1) is 8.47. The van der Waals surface area contributed by atoms with Gasteiger partial charge >= 0.3 is 11.1 Å². The van der Waals surface area contributed by atoms with Crippen molar-refractivity contribution in [2.45, 2.75) is 10.2 Å². The molecule has 9 heteroatoms. The molecule has 94 valence electrons. The SMILES string of the molecule is Cn1[nH]c(=O)c(=O)nc1Sc1ccc(N)c(N)n1. The van der Waals surface area contributed by atoms with E-state index in [1.807, 2.05) is 0 Å². The summed E-state index contributed by atoms with van der Waals surface area (Å²) in [5.74, 6) is 0.203. The third-order valence-corrected chi connectivity index (χ3v) is 3.06. The van der Waals surface area contributed by atoms with Crippen LogP contribution in [0.25, 0.3) is 0 Å². The number of hydrogen-bond donors (Lipinski definition) is 3. The van der Waals surface area contributed by atoms with Crippen LogP contribution in [-0.4, -0.2) is 19.7 Å². The first-order valence-electron chi connectivity index (χ1n) is 4.84. The molecule has 0 saturated heterocycles. The third kappa shape index (κ3) is 2.35. The lowest BCUT2D eigenvalue weighted by atomic mass is 10.4. The van der Waals surface area contributed by atoms with Crippen molar-refractivity contribution in [3.63, 3.8) is 0 Å². The number of anilines is 2. The molecule has 0 spiro atoms. The quantitative estimate of drug-likeness (QED) is 0.605. The van der Waals surface area contributed by atoms with E-state index >= 15 is 0 Å². The van der Waals surface area contributed by atoms with Crippen molar-refractivity contribution in [2.75, 3.05) is 11.5 Å². The van der Waals surface area contributed by atoms with E-state index < -0.39 is 11.1 Å². The number of aryl methyl sites for hydroxylation is 1. The van der Waals surface area contributed by atoms with Crippen LogP contribution in [0.2, 0.25) is 0 Å². The van der Waals surface area contributed by atoms with Gasteiger partial charge in [0.05, 0.1) is 5.69 Å². The van der Waals surface area contributed by atoms with Gasteiger partial charge in [-0.2, -0.15) is 4.98 Å². The monoisotopic (exact) mass is 266 g/mol. The van der Waals surface area contributed by atoms with Crippen molar-refractivity contribution in [1.82, 2.24) is 19.7 Å². The van der Waals surface area contributed by atoms with Crippen LogP contribution in [0.3, 0.4) is 0 Å². The molecule has 5 N–H and O–H groups in total. The number of rotatable bonds is 2. The van der Waals surface area contributed by atoms with E-state index in [1.165, 1.54) is 4.68 Å². The highest BCUT2D eigenvalue weighted by Gasteiger charge is 2.08. The normalized spacial score (nSPS) is 10.5. The predicted molar refractivity (Wildman–Crippen MR) is 67.3 cm³/mol. The average Bonchev–Trinajstić information content (AvgIpc) is 2.31. The van der Waals surface area contributed by atoms with E-state index in [1.54, 1.807) is 19.2 Å². The van der Waals surface area contributed by atoms with Gasteiger partial charge in [0, 0.05) is 7.05 Å². The summed E-state index contributed by atoms with van der Waals surface area (Å²) in [6.07, 6.45) is 0. The summed E-state index contributed by atoms with van der Waals surface area (Å²) in [6, 6.07) is 3.25. The van der Waals surface area contributed by atoms with Crippen molar-refractivity contribution in [1.29, 1.82) is 0 Å². The number of H-pyrrole nitrogens is 1. The van der Waals surface area contributed by atoms with Gasteiger partial charge in [-0.3, -0.25) is 19.4 Å². The molecule has 0 aliphatic rings. The summed E-state index contributed by atoms with van der Waals surface area (Å²) in [4.78, 5) is 29.9. The minimum Gasteiger partial charge on any atom is -0.396 e. The number of aromatic amines is 1. The lowest BCUT2D eigenvalue weighted by molar-refractivity contribution is 0.596. The van der Waals surface area contributed by atoms with Crippen molar-refractivity contribution < 1.29 is 0 Å². The molecule has 2 rings (SSSR count). The predicted octanol–water partition coefficient (Wildman–Crippen LogP) is -0.821. The molecule has 0 atom stereocenters. The maximum Gasteiger partial charge on any atom is 0.339 e. The van der Waals surface area contributed by atoms with Crippen LogP contribution in [0.5, 0.6) is 0 Å². The molecule has 2 heterocycles. The molecule has 0 aliphatic carbocycles. The Kier molecular flexibility index (Phi) is 3.06. The van der Waals surface area contributed by atoms with Gasteiger partial charge in [-0.1, -0.05) is 0 Å². The first-order valence-corrected chi connectivity index (χ1v) is 5.66. The van der Waals surface area contributed by atoms with Crippen LogP contribution in [0.1, 0.15) is 0 Å². The van der Waals surface area contributed by atoms with E-state index in [0.29, 0.717) is 15.9 Å². The summed E-state index contributed by atoms with van der Waals surface area (Å²) >= 11 is 1.09. The summed E-state index contributed by atoms with van der Waals surface area (Å²) in [6.45, 7) is 0. The van der Waals surface area contributed by atoms with Crippen LogP contribution in [-0.2, 0) is 7.05 Å². The van der Waals surface area contributed by atoms with E-state index in [0.717, 1.165) is 11.8 Å². The zero-order valence-corrected chi connectivity index (χ0v) is 10.2. The Bertz CT molecular complexity index is 707. The number of pyridine rings is 1. The molecular formula is C9H10N6O2S. The second-order valence-corrected chi connectivity index (χ2v) is 4.41. The Morgan fingerprint density at radius 2 is 2.00 bits per heavy atom. The minimum absolute atomic E-state index is 0.203. The zero-order chi connectivity index (χ0) is 13.3. The highest BCUT2D eigenvalue weighted by atomic mass is 32.2. The standard InChI is InChI=1S/C9H10N6O2S/c1-15-9(13-7(16)8(17)14-15)18-5-3-2-4(10)6(11)12-5/h2-3H,10H2,1H3,(H2,11,12)(H,14,17). The smallest absolute Gasteiger partial charge is 0.339 e. The maximum atomic E-state index is 11.2. The van der Waals surface area contributed by atoms with Gasteiger partial charge in [-0.05, 0) is 23.9 Å². The third-order valence-electron chi connectivity index (χ3n) is 2.08. The van der Waals surface area contributed by atoms with Crippen LogP contribution in [0.15, 0.2) is 31.9 Å². The molecule has 0 aromatic carbocycles.